The number of benzene rings is 1. The maximum absolute atomic E-state index is 14.4. The second-order valence-corrected chi connectivity index (χ2v) is 6.95. The Morgan fingerprint density at radius 3 is 2.79 bits per heavy atom. The summed E-state index contributed by atoms with van der Waals surface area (Å²) in [6.45, 7) is 1.52. The van der Waals surface area contributed by atoms with Gasteiger partial charge < -0.3 is 20.5 Å². The molecule has 8 nitrogen and oxygen atoms in total. The van der Waals surface area contributed by atoms with E-state index in [1.165, 1.54) is 45.0 Å². The van der Waals surface area contributed by atoms with Crippen LogP contribution in [0.15, 0.2) is 27.9 Å². The summed E-state index contributed by atoms with van der Waals surface area (Å²) in [6.07, 6.45) is 0.938. The molecule has 0 spiro atoms. The quantitative estimate of drug-likeness (QED) is 0.566. The summed E-state index contributed by atoms with van der Waals surface area (Å²) in [5.74, 6) is -1.13. The van der Waals surface area contributed by atoms with Crippen molar-refractivity contribution in [2.75, 3.05) is 31.8 Å². The van der Waals surface area contributed by atoms with Crippen LogP contribution in [0.4, 0.5) is 15.8 Å². The Kier molecular flexibility index (Phi) is 7.55. The first-order valence-corrected chi connectivity index (χ1v) is 9.64. The van der Waals surface area contributed by atoms with Gasteiger partial charge in [-0.25, -0.2) is 9.07 Å². The predicted octanol–water partition coefficient (Wildman–Crippen LogP) is 1.43. The molecule has 0 saturated heterocycles. The van der Waals surface area contributed by atoms with Crippen LogP contribution in [-0.4, -0.2) is 53.4 Å². The molecule has 0 radical (unpaired) electrons. The smallest absolute Gasteiger partial charge is 0.274 e. The van der Waals surface area contributed by atoms with Gasteiger partial charge in [0.25, 0.3) is 11.5 Å². The van der Waals surface area contributed by atoms with E-state index in [4.69, 9.17) is 4.74 Å². The number of carbonyl (C=O) groups is 1. The number of halogens is 1. The highest BCUT2D eigenvalue weighted by Crippen LogP contribution is 2.26. The zero-order valence-corrected chi connectivity index (χ0v) is 16.9. The summed E-state index contributed by atoms with van der Waals surface area (Å²) in [5, 5.41) is 19.1. The monoisotopic (exact) mass is 410 g/mol. The first kappa shape index (κ1) is 21.9. The highest BCUT2D eigenvalue weighted by atomic mass is 32.2. The Morgan fingerprint density at radius 2 is 2.18 bits per heavy atom. The third-order valence-electron chi connectivity index (χ3n) is 3.98. The number of amides is 1. The zero-order valence-electron chi connectivity index (χ0n) is 16.1. The van der Waals surface area contributed by atoms with Gasteiger partial charge in [-0.15, -0.1) is 11.8 Å². The topological polar surface area (TPSA) is 105 Å². The van der Waals surface area contributed by atoms with Crippen molar-refractivity contribution >= 4 is 29.0 Å². The fraction of sp³-hybridized carbons (Fsp3) is 0.389. The predicted molar refractivity (Wildman–Crippen MR) is 106 cm³/mol. The van der Waals surface area contributed by atoms with E-state index in [9.17, 15) is 19.1 Å². The fourth-order valence-electron chi connectivity index (χ4n) is 2.49. The Balaban J connectivity index is 2.38. The van der Waals surface area contributed by atoms with Crippen LogP contribution in [0.25, 0.3) is 0 Å². The first-order valence-electron chi connectivity index (χ1n) is 8.42. The van der Waals surface area contributed by atoms with Gasteiger partial charge in [-0.1, -0.05) is 0 Å². The summed E-state index contributed by atoms with van der Waals surface area (Å²) in [4.78, 5) is 25.6. The largest absolute Gasteiger partial charge is 0.389 e. The molecule has 1 heterocycles. The van der Waals surface area contributed by atoms with Crippen LogP contribution >= 0.6 is 11.8 Å². The third kappa shape index (κ3) is 5.09. The molecule has 0 saturated carbocycles. The van der Waals surface area contributed by atoms with Crippen molar-refractivity contribution in [2.45, 2.75) is 17.9 Å². The molecular formula is C18H23FN4O4S. The highest BCUT2D eigenvalue weighted by Gasteiger charge is 2.21. The molecule has 1 aromatic carbocycles. The van der Waals surface area contributed by atoms with E-state index in [-0.39, 0.29) is 35.8 Å². The van der Waals surface area contributed by atoms with Crippen LogP contribution in [-0.2, 0) is 11.8 Å². The maximum atomic E-state index is 14.4. The summed E-state index contributed by atoms with van der Waals surface area (Å²) in [5.41, 5.74) is -0.0624. The molecule has 1 amide bonds. The molecule has 3 N–H and O–H groups in total. The minimum absolute atomic E-state index is 0.0537. The number of methoxy groups -OCH3 is 1. The molecule has 0 bridgehead atoms. The number of anilines is 2. The van der Waals surface area contributed by atoms with Crippen LogP contribution in [0, 0.1) is 12.7 Å². The van der Waals surface area contributed by atoms with Gasteiger partial charge in [0.2, 0.25) is 0 Å². The van der Waals surface area contributed by atoms with Crippen LogP contribution < -0.4 is 16.2 Å². The van der Waals surface area contributed by atoms with Crippen molar-refractivity contribution in [1.82, 2.24) is 15.1 Å². The third-order valence-corrected chi connectivity index (χ3v) is 4.71. The van der Waals surface area contributed by atoms with Crippen LogP contribution in [0.5, 0.6) is 0 Å². The molecule has 1 aromatic heterocycles. The fourth-order valence-corrected chi connectivity index (χ4v) is 2.91. The van der Waals surface area contributed by atoms with Gasteiger partial charge in [-0.05, 0) is 31.4 Å². The number of hydrogen-bond donors (Lipinski definition) is 3. The van der Waals surface area contributed by atoms with E-state index < -0.39 is 23.4 Å². The van der Waals surface area contributed by atoms with Crippen molar-refractivity contribution in [1.29, 1.82) is 0 Å². The molecule has 2 aromatic rings. The Morgan fingerprint density at radius 1 is 1.46 bits per heavy atom. The van der Waals surface area contributed by atoms with E-state index in [2.05, 4.69) is 15.7 Å². The van der Waals surface area contributed by atoms with Crippen LogP contribution in [0.1, 0.15) is 16.1 Å². The van der Waals surface area contributed by atoms with Gasteiger partial charge in [0.1, 0.15) is 5.82 Å². The van der Waals surface area contributed by atoms with Gasteiger partial charge in [0, 0.05) is 31.2 Å². The average Bonchev–Trinajstić information content (AvgIpc) is 2.67. The van der Waals surface area contributed by atoms with Gasteiger partial charge in [0.05, 0.1) is 24.1 Å². The number of aliphatic hydroxyl groups is 1. The molecule has 152 valence electrons. The lowest BCUT2D eigenvalue weighted by Crippen LogP contribution is -2.37. The number of aromatic nitrogens is 2. The number of aryl methyl sites for hydroxylation is 1. The number of nitrogens with zero attached hydrogens (tertiary/aromatic N) is 2. The molecule has 0 fully saturated rings. The van der Waals surface area contributed by atoms with E-state index in [1.54, 1.807) is 6.07 Å². The molecule has 1 atom stereocenters. The van der Waals surface area contributed by atoms with Crippen molar-refractivity contribution in [3.8, 4) is 0 Å². The van der Waals surface area contributed by atoms with Crippen molar-refractivity contribution in [3.63, 3.8) is 0 Å². The van der Waals surface area contributed by atoms with E-state index in [1.807, 2.05) is 6.26 Å². The number of aliphatic hydroxyl groups excluding tert-OH is 1. The molecule has 2 rings (SSSR count). The summed E-state index contributed by atoms with van der Waals surface area (Å²) < 4.78 is 20.2. The SMILES string of the molecule is COC[C@@H](O)CNC(=O)c1nn(C)c(=O)c(C)c1Nc1ccc(SC)cc1F. The molecule has 0 aliphatic heterocycles. The van der Waals surface area contributed by atoms with Crippen LogP contribution in [0.3, 0.4) is 0 Å². The molecule has 0 aliphatic rings. The molecule has 10 heteroatoms. The van der Waals surface area contributed by atoms with Gasteiger partial charge in [-0.3, -0.25) is 9.59 Å². The van der Waals surface area contributed by atoms with Gasteiger partial charge in [0.15, 0.2) is 5.69 Å². The standard InChI is InChI=1S/C18H23FN4O4S/c1-10-15(21-14-6-5-12(28-4)7-13(14)19)16(22-23(2)18(10)26)17(25)20-8-11(24)9-27-3/h5-7,11,21,24H,8-9H2,1-4H3,(H,20,25)/t11-/m0/s1. The van der Waals surface area contributed by atoms with Crippen molar-refractivity contribution in [2.24, 2.45) is 7.05 Å². The second-order valence-electron chi connectivity index (χ2n) is 6.07. The lowest BCUT2D eigenvalue weighted by Gasteiger charge is -2.16. The number of nitrogens with one attached hydrogen (secondary N) is 2. The number of ether oxygens (including phenoxy) is 1. The van der Waals surface area contributed by atoms with Crippen molar-refractivity contribution < 1.29 is 19.0 Å². The highest BCUT2D eigenvalue weighted by molar-refractivity contribution is 7.98. The first-order chi connectivity index (χ1) is 13.3. The Labute approximate surface area is 166 Å². The number of hydrogen-bond acceptors (Lipinski definition) is 7. The second kappa shape index (κ2) is 9.67. The molecular weight excluding hydrogens is 387 g/mol. The Bertz CT molecular complexity index is 919. The summed E-state index contributed by atoms with van der Waals surface area (Å²) in [6, 6.07) is 4.61. The number of rotatable bonds is 8. The number of thioether (sulfide) groups is 1. The minimum Gasteiger partial charge on any atom is -0.389 e. The summed E-state index contributed by atoms with van der Waals surface area (Å²) in [7, 11) is 2.85. The lowest BCUT2D eigenvalue weighted by molar-refractivity contribution is 0.0608. The molecule has 28 heavy (non-hydrogen) atoms. The maximum Gasteiger partial charge on any atom is 0.274 e. The zero-order chi connectivity index (χ0) is 20.8. The number of carbonyl (C=O) groups excluding carboxylic acids is 1. The van der Waals surface area contributed by atoms with E-state index in [0.717, 1.165) is 9.58 Å². The van der Waals surface area contributed by atoms with Gasteiger partial charge >= 0.3 is 0 Å². The van der Waals surface area contributed by atoms with Crippen LogP contribution in [0.2, 0.25) is 0 Å². The minimum atomic E-state index is -0.893. The molecule has 0 unspecified atom stereocenters. The summed E-state index contributed by atoms with van der Waals surface area (Å²) >= 11 is 1.40. The Hall–Kier alpha value is -2.43. The average molecular weight is 410 g/mol. The van der Waals surface area contributed by atoms with Gasteiger partial charge in [-0.2, -0.15) is 5.10 Å². The van der Waals surface area contributed by atoms with E-state index >= 15 is 0 Å². The van der Waals surface area contributed by atoms with E-state index in [0.29, 0.717) is 0 Å². The molecule has 0 aliphatic carbocycles. The lowest BCUT2D eigenvalue weighted by atomic mass is 10.2. The van der Waals surface area contributed by atoms with Crippen molar-refractivity contribution in [3.05, 3.63) is 45.6 Å². The normalized spacial score (nSPS) is 11.9.